The summed E-state index contributed by atoms with van der Waals surface area (Å²) in [5.74, 6) is -0.999. The summed E-state index contributed by atoms with van der Waals surface area (Å²) in [5, 5.41) is 46.6. The Balaban J connectivity index is 2.06. The van der Waals surface area contributed by atoms with Gasteiger partial charge in [-0.3, -0.25) is 10.1 Å². The fourth-order valence-corrected chi connectivity index (χ4v) is 4.50. The van der Waals surface area contributed by atoms with Crippen LogP contribution in [0, 0.1) is 11.8 Å². The van der Waals surface area contributed by atoms with Crippen LogP contribution >= 0.6 is 11.8 Å². The van der Waals surface area contributed by atoms with E-state index in [9.17, 15) is 25.2 Å². The number of rotatable bonds is 7. The number of ether oxygens (including phenoxy) is 1. The summed E-state index contributed by atoms with van der Waals surface area (Å²) in [6.45, 7) is 4.41. The SMILES string of the molecule is CCCC1CNC(NC(=O)C(C(C)O)C2OC(SC)C(O)C(O)C2O)C1. The third-order valence-electron chi connectivity index (χ3n) is 5.25. The molecule has 2 heterocycles. The number of amides is 1. The Bertz CT molecular complexity index is 467. The highest BCUT2D eigenvalue weighted by atomic mass is 32.2. The number of hydrogen-bond donors (Lipinski definition) is 6. The number of aliphatic hydroxyl groups is 4. The zero-order valence-electron chi connectivity index (χ0n) is 15.5. The molecule has 9 heteroatoms. The lowest BCUT2D eigenvalue weighted by Crippen LogP contribution is -2.62. The smallest absolute Gasteiger partial charge is 0.229 e. The highest BCUT2D eigenvalue weighted by Crippen LogP contribution is 2.32. The van der Waals surface area contributed by atoms with Crippen molar-refractivity contribution in [1.82, 2.24) is 10.6 Å². The Kier molecular flexibility index (Phi) is 8.14. The van der Waals surface area contributed by atoms with Gasteiger partial charge in [0.25, 0.3) is 0 Å². The van der Waals surface area contributed by atoms with Gasteiger partial charge >= 0.3 is 0 Å². The molecule has 2 aliphatic heterocycles. The zero-order chi connectivity index (χ0) is 19.4. The fourth-order valence-electron chi connectivity index (χ4n) is 3.82. The van der Waals surface area contributed by atoms with Gasteiger partial charge in [-0.05, 0) is 38.5 Å². The Morgan fingerprint density at radius 1 is 1.31 bits per heavy atom. The largest absolute Gasteiger partial charge is 0.392 e. The van der Waals surface area contributed by atoms with Crippen molar-refractivity contribution < 1.29 is 30.0 Å². The van der Waals surface area contributed by atoms with Gasteiger partial charge in [-0.25, -0.2) is 0 Å². The molecule has 2 rings (SSSR count). The minimum absolute atomic E-state index is 0.187. The topological polar surface area (TPSA) is 131 Å². The van der Waals surface area contributed by atoms with Crippen LogP contribution in [0.3, 0.4) is 0 Å². The summed E-state index contributed by atoms with van der Waals surface area (Å²) >= 11 is 1.17. The van der Waals surface area contributed by atoms with Crippen molar-refractivity contribution in [2.24, 2.45) is 11.8 Å². The van der Waals surface area contributed by atoms with Gasteiger partial charge in [0.15, 0.2) is 0 Å². The summed E-state index contributed by atoms with van der Waals surface area (Å²) in [7, 11) is 0. The summed E-state index contributed by atoms with van der Waals surface area (Å²) in [6.07, 6.45) is -1.88. The first-order chi connectivity index (χ1) is 12.3. The van der Waals surface area contributed by atoms with Gasteiger partial charge in [0.2, 0.25) is 5.91 Å². The van der Waals surface area contributed by atoms with Crippen LogP contribution < -0.4 is 10.6 Å². The van der Waals surface area contributed by atoms with E-state index < -0.39 is 47.8 Å². The van der Waals surface area contributed by atoms with E-state index in [1.165, 1.54) is 18.7 Å². The van der Waals surface area contributed by atoms with Gasteiger partial charge in [0.05, 0.1) is 18.2 Å². The molecule has 0 saturated carbocycles. The molecule has 0 aliphatic carbocycles. The maximum Gasteiger partial charge on any atom is 0.229 e. The van der Waals surface area contributed by atoms with Crippen LogP contribution in [0.25, 0.3) is 0 Å². The number of carbonyl (C=O) groups excluding carboxylic acids is 1. The van der Waals surface area contributed by atoms with Crippen LogP contribution in [0.15, 0.2) is 0 Å². The molecule has 152 valence electrons. The molecular weight excluding hydrogens is 360 g/mol. The molecule has 0 aromatic heterocycles. The van der Waals surface area contributed by atoms with Gasteiger partial charge in [-0.2, -0.15) is 0 Å². The lowest BCUT2D eigenvalue weighted by Gasteiger charge is -2.43. The van der Waals surface area contributed by atoms with Crippen molar-refractivity contribution in [3.63, 3.8) is 0 Å². The van der Waals surface area contributed by atoms with Crippen LogP contribution in [-0.2, 0) is 9.53 Å². The quantitative estimate of drug-likeness (QED) is 0.325. The highest BCUT2D eigenvalue weighted by molar-refractivity contribution is 7.99. The molecule has 9 unspecified atom stereocenters. The van der Waals surface area contributed by atoms with Gasteiger partial charge in [0.1, 0.15) is 29.9 Å². The van der Waals surface area contributed by atoms with E-state index in [0.717, 1.165) is 25.8 Å². The second kappa shape index (κ2) is 9.68. The predicted molar refractivity (Wildman–Crippen MR) is 98.3 cm³/mol. The second-order valence-corrected chi connectivity index (χ2v) is 8.24. The third-order valence-corrected chi connectivity index (χ3v) is 6.11. The van der Waals surface area contributed by atoms with E-state index in [1.54, 1.807) is 6.26 Å². The molecule has 0 aromatic carbocycles. The number of nitrogens with one attached hydrogen (secondary N) is 2. The minimum Gasteiger partial charge on any atom is -0.392 e. The lowest BCUT2D eigenvalue weighted by molar-refractivity contribution is -0.218. The van der Waals surface area contributed by atoms with E-state index in [0.29, 0.717) is 5.92 Å². The monoisotopic (exact) mass is 392 g/mol. The first kappa shape index (κ1) is 21.9. The van der Waals surface area contributed by atoms with Crippen LogP contribution in [-0.4, -0.2) is 81.3 Å². The van der Waals surface area contributed by atoms with E-state index in [2.05, 4.69) is 17.6 Å². The normalized spacial score (nSPS) is 40.2. The molecule has 26 heavy (non-hydrogen) atoms. The minimum atomic E-state index is -1.47. The third kappa shape index (κ3) is 4.89. The molecule has 0 bridgehead atoms. The summed E-state index contributed by atoms with van der Waals surface area (Å²) in [4.78, 5) is 12.8. The van der Waals surface area contributed by atoms with Gasteiger partial charge in [0, 0.05) is 0 Å². The number of hydrogen-bond acceptors (Lipinski definition) is 8. The molecular formula is C17H32N2O6S. The van der Waals surface area contributed by atoms with Crippen LogP contribution in [0.4, 0.5) is 0 Å². The first-order valence-electron chi connectivity index (χ1n) is 9.24. The highest BCUT2D eigenvalue weighted by Gasteiger charge is 2.49. The van der Waals surface area contributed by atoms with E-state index in [1.807, 2.05) is 0 Å². The standard InChI is InChI=1S/C17H32N2O6S/c1-4-5-9-6-10(18-7-9)19-16(24)11(8(2)20)15-13(22)12(21)14(23)17(25-15)26-3/h8-15,17-18,20-23H,4-7H2,1-3H3,(H,19,24). The van der Waals surface area contributed by atoms with Crippen LogP contribution in [0.5, 0.6) is 0 Å². The molecule has 0 spiro atoms. The summed E-state index contributed by atoms with van der Waals surface area (Å²) in [6, 6.07) is 0. The van der Waals surface area contributed by atoms with Crippen molar-refractivity contribution in [3.8, 4) is 0 Å². The van der Waals surface area contributed by atoms with Crippen molar-refractivity contribution >= 4 is 17.7 Å². The molecule has 2 fully saturated rings. The zero-order valence-corrected chi connectivity index (χ0v) is 16.4. The van der Waals surface area contributed by atoms with Gasteiger partial charge < -0.3 is 30.5 Å². The molecule has 9 atom stereocenters. The lowest BCUT2D eigenvalue weighted by atomic mass is 9.86. The number of thioether (sulfide) groups is 1. The van der Waals surface area contributed by atoms with Crippen molar-refractivity contribution in [1.29, 1.82) is 0 Å². The van der Waals surface area contributed by atoms with E-state index in [-0.39, 0.29) is 6.17 Å². The predicted octanol–water partition coefficient (Wildman–Crippen LogP) is -0.994. The maximum atomic E-state index is 12.8. The average molecular weight is 393 g/mol. The molecule has 2 aliphatic rings. The molecule has 0 radical (unpaired) electrons. The number of carbonyl (C=O) groups is 1. The molecule has 0 aromatic rings. The first-order valence-corrected chi connectivity index (χ1v) is 10.5. The van der Waals surface area contributed by atoms with Crippen molar-refractivity contribution in [2.45, 2.75) is 75.2 Å². The second-order valence-electron chi connectivity index (χ2n) is 7.30. The molecule has 1 amide bonds. The Labute approximate surface area is 158 Å². The summed E-state index contributed by atoms with van der Waals surface area (Å²) in [5.41, 5.74) is -0.786. The van der Waals surface area contributed by atoms with Gasteiger partial charge in [-0.15, -0.1) is 11.8 Å². The Morgan fingerprint density at radius 2 is 2.00 bits per heavy atom. The molecule has 6 N–H and O–H groups in total. The van der Waals surface area contributed by atoms with Crippen LogP contribution in [0.2, 0.25) is 0 Å². The summed E-state index contributed by atoms with van der Waals surface area (Å²) < 4.78 is 5.66. The fraction of sp³-hybridized carbons (Fsp3) is 0.941. The molecule has 8 nitrogen and oxygen atoms in total. The van der Waals surface area contributed by atoms with Crippen molar-refractivity contribution in [3.05, 3.63) is 0 Å². The van der Waals surface area contributed by atoms with Crippen molar-refractivity contribution in [2.75, 3.05) is 12.8 Å². The van der Waals surface area contributed by atoms with Gasteiger partial charge in [-0.1, -0.05) is 13.3 Å². The van der Waals surface area contributed by atoms with E-state index in [4.69, 9.17) is 4.74 Å². The van der Waals surface area contributed by atoms with E-state index >= 15 is 0 Å². The van der Waals surface area contributed by atoms with Crippen LogP contribution in [0.1, 0.15) is 33.1 Å². The average Bonchev–Trinajstić information content (AvgIpc) is 3.02. The molecule has 2 saturated heterocycles. The maximum absolute atomic E-state index is 12.8. The Hall–Kier alpha value is -0.420. The number of aliphatic hydroxyl groups excluding tert-OH is 4. The Morgan fingerprint density at radius 3 is 2.58 bits per heavy atom.